The van der Waals surface area contributed by atoms with Crippen LogP contribution in [0.5, 0.6) is 0 Å². The van der Waals surface area contributed by atoms with Gasteiger partial charge in [0.05, 0.1) is 25.0 Å². The van der Waals surface area contributed by atoms with Crippen molar-refractivity contribution in [3.05, 3.63) is 12.2 Å². The van der Waals surface area contributed by atoms with Crippen molar-refractivity contribution in [3.8, 4) is 0 Å². The van der Waals surface area contributed by atoms with E-state index in [1.165, 1.54) is 28.6 Å². The molecule has 0 aromatic rings. The zero-order chi connectivity index (χ0) is 26.7. The molecule has 1 saturated heterocycles. The van der Waals surface area contributed by atoms with Crippen LogP contribution < -0.4 is 21.3 Å². The number of carbonyl (C=O) groups is 5. The van der Waals surface area contributed by atoms with E-state index in [1.807, 2.05) is 6.08 Å². The van der Waals surface area contributed by atoms with Crippen molar-refractivity contribution in [2.24, 2.45) is 5.92 Å². The normalized spacial score (nSPS) is 30.0. The van der Waals surface area contributed by atoms with Crippen LogP contribution in [0.1, 0.15) is 46.0 Å². The molecule has 2 aliphatic rings. The lowest BCUT2D eigenvalue weighted by molar-refractivity contribution is -0.151. The van der Waals surface area contributed by atoms with Gasteiger partial charge in [-0.25, -0.2) is 0 Å². The summed E-state index contributed by atoms with van der Waals surface area (Å²) in [5.41, 5.74) is 0. The summed E-state index contributed by atoms with van der Waals surface area (Å²) in [5, 5.41) is 21.3. The lowest BCUT2D eigenvalue weighted by Gasteiger charge is -2.29. The van der Waals surface area contributed by atoms with E-state index in [0.717, 1.165) is 0 Å². The first-order chi connectivity index (χ1) is 17.1. The number of aliphatic hydroxyl groups excluding tert-OH is 1. The smallest absolute Gasteiger partial charge is 0.309 e. The molecule has 1 fully saturated rings. The molecule has 36 heavy (non-hydrogen) atoms. The van der Waals surface area contributed by atoms with Crippen LogP contribution in [0.4, 0.5) is 0 Å². The maximum absolute atomic E-state index is 13.2. The van der Waals surface area contributed by atoms with Crippen LogP contribution in [0, 0.1) is 5.92 Å². The number of nitrogens with one attached hydrogen (secondary N) is 4. The van der Waals surface area contributed by atoms with Gasteiger partial charge in [-0.2, -0.15) is 0 Å². The quantitative estimate of drug-likeness (QED) is 0.187. The van der Waals surface area contributed by atoms with E-state index < -0.39 is 54.0 Å². The standard InChI is InChI=1S/C23H36N4O7S2/c1-13(2)21-17(28)11-20(31)34-14-6-4-5-9-35-36-12-16(23(33)27-21)26-22(32)15(25-19(30)10-14)7-8-18(29)24-3/h4,6,13-17,21,28H,5,7-12H2,1-3H3,(H,24,29)(H,25,30)(H,26,32)(H,27,33)/b6-4+/t14-,15-,16+,17+,21-/m1/s1. The maximum atomic E-state index is 13.2. The predicted octanol–water partition coefficient (Wildman–Crippen LogP) is 0.0308. The highest BCUT2D eigenvalue weighted by Crippen LogP contribution is 2.24. The first kappa shape index (κ1) is 30.0. The van der Waals surface area contributed by atoms with Crippen molar-refractivity contribution in [1.82, 2.24) is 21.3 Å². The molecule has 0 spiro atoms. The van der Waals surface area contributed by atoms with E-state index in [2.05, 4.69) is 21.3 Å². The molecule has 2 rings (SSSR count). The molecule has 202 valence electrons. The summed E-state index contributed by atoms with van der Waals surface area (Å²) in [6.07, 6.45) is 1.35. The minimum Gasteiger partial charge on any atom is -0.457 e. The fourth-order valence-electron chi connectivity index (χ4n) is 3.74. The van der Waals surface area contributed by atoms with Gasteiger partial charge in [0.25, 0.3) is 0 Å². The van der Waals surface area contributed by atoms with Crippen molar-refractivity contribution in [1.29, 1.82) is 0 Å². The van der Waals surface area contributed by atoms with Crippen molar-refractivity contribution in [3.63, 3.8) is 0 Å². The monoisotopic (exact) mass is 544 g/mol. The number of aliphatic hydroxyl groups is 1. The molecule has 0 radical (unpaired) electrons. The molecule has 0 saturated carbocycles. The molecule has 4 amide bonds. The molecule has 0 aliphatic carbocycles. The lowest BCUT2D eigenvalue weighted by Crippen LogP contribution is -2.58. The second-order valence-corrected chi connectivity index (χ2v) is 11.6. The zero-order valence-corrected chi connectivity index (χ0v) is 22.4. The second kappa shape index (κ2) is 15.1. The van der Waals surface area contributed by atoms with Gasteiger partial charge in [-0.05, 0) is 24.8 Å². The van der Waals surface area contributed by atoms with Gasteiger partial charge < -0.3 is 31.1 Å². The van der Waals surface area contributed by atoms with Gasteiger partial charge in [-0.3, -0.25) is 24.0 Å². The number of amides is 4. The summed E-state index contributed by atoms with van der Waals surface area (Å²) in [5.74, 6) is -1.95. The highest BCUT2D eigenvalue weighted by atomic mass is 33.1. The minimum absolute atomic E-state index is 0.0150. The molecule has 11 nitrogen and oxygen atoms in total. The SMILES string of the molecule is CNC(=O)CC[C@H]1NC(=O)C[C@H]2/C=C/CCSSC[C@H](NC1=O)C(=O)N[C@H](C(C)C)[C@@H](O)CC(=O)O2. The van der Waals surface area contributed by atoms with E-state index in [-0.39, 0.29) is 43.3 Å². The molecular weight excluding hydrogens is 508 g/mol. The summed E-state index contributed by atoms with van der Waals surface area (Å²) < 4.78 is 5.48. The van der Waals surface area contributed by atoms with Crippen molar-refractivity contribution >= 4 is 51.2 Å². The largest absolute Gasteiger partial charge is 0.457 e. The number of fused-ring (bicyclic) bond motifs is 7. The maximum Gasteiger partial charge on any atom is 0.309 e. The molecule has 2 aliphatic heterocycles. The average Bonchev–Trinajstić information content (AvgIpc) is 2.81. The Hall–Kier alpha value is -2.25. The van der Waals surface area contributed by atoms with E-state index in [1.54, 1.807) is 19.9 Å². The van der Waals surface area contributed by atoms with Crippen molar-refractivity contribution in [2.45, 2.75) is 76.3 Å². The fraction of sp³-hybridized carbons (Fsp3) is 0.696. The van der Waals surface area contributed by atoms with Crippen LogP contribution in [-0.2, 0) is 28.7 Å². The number of ether oxygens (including phenoxy) is 1. The number of esters is 1. The Bertz CT molecular complexity index is 839. The van der Waals surface area contributed by atoms with Crippen molar-refractivity contribution in [2.75, 3.05) is 18.6 Å². The Morgan fingerprint density at radius 1 is 1.14 bits per heavy atom. The average molecular weight is 545 g/mol. The molecule has 2 bridgehead atoms. The highest BCUT2D eigenvalue weighted by molar-refractivity contribution is 8.76. The van der Waals surface area contributed by atoms with E-state index in [4.69, 9.17) is 4.74 Å². The Balaban J connectivity index is 2.45. The summed E-state index contributed by atoms with van der Waals surface area (Å²) in [7, 11) is 4.41. The van der Waals surface area contributed by atoms with Gasteiger partial charge in [-0.1, -0.05) is 41.5 Å². The molecule has 5 N–H and O–H groups in total. The lowest BCUT2D eigenvalue weighted by atomic mass is 9.96. The molecule has 13 heteroatoms. The van der Waals surface area contributed by atoms with Crippen LogP contribution in [0.3, 0.4) is 0 Å². The van der Waals surface area contributed by atoms with Gasteiger partial charge in [0.1, 0.15) is 18.2 Å². The molecule has 5 atom stereocenters. The third-order valence-corrected chi connectivity index (χ3v) is 8.19. The second-order valence-electron chi connectivity index (χ2n) is 9.00. The minimum atomic E-state index is -1.23. The number of hydrogen-bond acceptors (Lipinski definition) is 9. The summed E-state index contributed by atoms with van der Waals surface area (Å²) in [4.78, 5) is 63.6. The third kappa shape index (κ3) is 10.0. The number of carbonyl (C=O) groups excluding carboxylic acids is 5. The first-order valence-electron chi connectivity index (χ1n) is 12.0. The summed E-state index contributed by atoms with van der Waals surface area (Å²) in [6, 6.07) is -2.81. The van der Waals surface area contributed by atoms with E-state index in [9.17, 15) is 29.1 Å². The highest BCUT2D eigenvalue weighted by Gasteiger charge is 2.33. The summed E-state index contributed by atoms with van der Waals surface area (Å²) in [6.45, 7) is 3.60. The molecule has 0 aromatic heterocycles. The van der Waals surface area contributed by atoms with Gasteiger partial charge in [0.15, 0.2) is 0 Å². The van der Waals surface area contributed by atoms with Gasteiger partial charge >= 0.3 is 5.97 Å². The van der Waals surface area contributed by atoms with Gasteiger partial charge in [0, 0.05) is 25.0 Å². The van der Waals surface area contributed by atoms with Gasteiger partial charge in [-0.15, -0.1) is 0 Å². The van der Waals surface area contributed by atoms with Crippen LogP contribution in [-0.4, -0.2) is 83.6 Å². The van der Waals surface area contributed by atoms with Gasteiger partial charge in [0.2, 0.25) is 23.6 Å². The Morgan fingerprint density at radius 3 is 2.58 bits per heavy atom. The molecule has 0 unspecified atom stereocenters. The van der Waals surface area contributed by atoms with E-state index in [0.29, 0.717) is 12.2 Å². The number of allylic oxidation sites excluding steroid dienone is 1. The zero-order valence-electron chi connectivity index (χ0n) is 20.8. The Labute approximate surface area is 219 Å². The van der Waals surface area contributed by atoms with Crippen LogP contribution in [0.2, 0.25) is 0 Å². The molecular formula is C23H36N4O7S2. The molecule has 0 aromatic carbocycles. The van der Waals surface area contributed by atoms with E-state index >= 15 is 0 Å². The number of hydrogen-bond donors (Lipinski definition) is 5. The number of rotatable bonds is 4. The van der Waals surface area contributed by atoms with Crippen LogP contribution in [0.25, 0.3) is 0 Å². The predicted molar refractivity (Wildman–Crippen MR) is 138 cm³/mol. The topological polar surface area (TPSA) is 163 Å². The van der Waals surface area contributed by atoms with Crippen LogP contribution in [0.15, 0.2) is 12.2 Å². The Morgan fingerprint density at radius 2 is 1.89 bits per heavy atom. The molecule has 2 heterocycles. The third-order valence-electron chi connectivity index (χ3n) is 5.75. The summed E-state index contributed by atoms with van der Waals surface area (Å²) >= 11 is 0. The Kier molecular flexibility index (Phi) is 12.6. The fourth-order valence-corrected chi connectivity index (χ4v) is 5.89. The van der Waals surface area contributed by atoms with Crippen LogP contribution >= 0.6 is 21.6 Å². The first-order valence-corrected chi connectivity index (χ1v) is 14.5. The van der Waals surface area contributed by atoms with Crippen molar-refractivity contribution < 1.29 is 33.8 Å².